The van der Waals surface area contributed by atoms with Crippen LogP contribution >= 0.6 is 0 Å². The van der Waals surface area contributed by atoms with Gasteiger partial charge in [-0.2, -0.15) is 0 Å². The molecule has 0 bridgehead atoms. The van der Waals surface area contributed by atoms with Crippen LogP contribution in [0.3, 0.4) is 0 Å². The van der Waals surface area contributed by atoms with Crippen LogP contribution in [0.25, 0.3) is 11.4 Å². The van der Waals surface area contributed by atoms with Crippen molar-refractivity contribution in [2.45, 2.75) is 45.6 Å². The summed E-state index contributed by atoms with van der Waals surface area (Å²) in [6, 6.07) is 12.6. The lowest BCUT2D eigenvalue weighted by Gasteiger charge is -2.15. The van der Waals surface area contributed by atoms with Crippen molar-refractivity contribution in [2.75, 3.05) is 11.9 Å². The number of hydrogen-bond acceptors (Lipinski definition) is 5. The van der Waals surface area contributed by atoms with Gasteiger partial charge in [-0.25, -0.2) is 0 Å². The van der Waals surface area contributed by atoms with Gasteiger partial charge in [-0.1, -0.05) is 30.7 Å². The van der Waals surface area contributed by atoms with E-state index in [4.69, 9.17) is 0 Å². The Morgan fingerprint density at radius 3 is 2.52 bits per heavy atom. The number of rotatable bonds is 5. The maximum Gasteiger partial charge on any atom is 0.261 e. The Labute approximate surface area is 191 Å². The zero-order valence-corrected chi connectivity index (χ0v) is 18.5. The van der Waals surface area contributed by atoms with Gasteiger partial charge in [-0.05, 0) is 43.5 Å². The SMILES string of the molecule is Cc1ccc(-c2nnc3n2CCCCC3)cc1NC(=O)CCN1C(=O)c2ccccc2C1=O. The Kier molecular flexibility index (Phi) is 5.50. The van der Waals surface area contributed by atoms with Crippen molar-refractivity contribution >= 4 is 23.4 Å². The summed E-state index contributed by atoms with van der Waals surface area (Å²) in [7, 11) is 0. The summed E-state index contributed by atoms with van der Waals surface area (Å²) >= 11 is 0. The molecule has 0 spiro atoms. The summed E-state index contributed by atoms with van der Waals surface area (Å²) in [5.74, 6) is 0.859. The van der Waals surface area contributed by atoms with Gasteiger partial charge in [0.05, 0.1) is 11.1 Å². The number of imide groups is 1. The molecule has 0 unspecified atom stereocenters. The van der Waals surface area contributed by atoms with E-state index >= 15 is 0 Å². The molecule has 0 saturated heterocycles. The monoisotopic (exact) mass is 443 g/mol. The molecule has 0 saturated carbocycles. The molecule has 5 rings (SSSR count). The van der Waals surface area contributed by atoms with Gasteiger partial charge in [-0.3, -0.25) is 19.3 Å². The average molecular weight is 444 g/mol. The summed E-state index contributed by atoms with van der Waals surface area (Å²) in [6.45, 7) is 2.86. The third-order valence-corrected chi connectivity index (χ3v) is 6.32. The predicted molar refractivity (Wildman–Crippen MR) is 123 cm³/mol. The minimum Gasteiger partial charge on any atom is -0.326 e. The van der Waals surface area contributed by atoms with Crippen LogP contribution in [-0.2, 0) is 17.8 Å². The van der Waals surface area contributed by atoms with Crippen molar-refractivity contribution in [3.05, 3.63) is 65.0 Å². The first kappa shape index (κ1) is 21.1. The molecule has 0 fully saturated rings. The lowest BCUT2D eigenvalue weighted by Crippen LogP contribution is -2.32. The van der Waals surface area contributed by atoms with E-state index in [0.717, 1.165) is 53.5 Å². The van der Waals surface area contributed by atoms with Crippen molar-refractivity contribution in [3.8, 4) is 11.4 Å². The highest BCUT2D eigenvalue weighted by Gasteiger charge is 2.35. The molecule has 8 nitrogen and oxygen atoms in total. The third-order valence-electron chi connectivity index (χ3n) is 6.32. The summed E-state index contributed by atoms with van der Waals surface area (Å²) < 4.78 is 2.17. The number of anilines is 1. The number of nitrogens with one attached hydrogen (secondary N) is 1. The molecule has 2 aromatic carbocycles. The highest BCUT2D eigenvalue weighted by Crippen LogP contribution is 2.27. The molecule has 0 radical (unpaired) electrons. The molecule has 0 atom stereocenters. The van der Waals surface area contributed by atoms with Crippen molar-refractivity contribution in [1.29, 1.82) is 0 Å². The zero-order chi connectivity index (χ0) is 22.9. The van der Waals surface area contributed by atoms with Gasteiger partial charge in [0.2, 0.25) is 5.91 Å². The van der Waals surface area contributed by atoms with E-state index in [1.165, 1.54) is 6.42 Å². The summed E-state index contributed by atoms with van der Waals surface area (Å²) in [6.07, 6.45) is 4.37. The van der Waals surface area contributed by atoms with Crippen molar-refractivity contribution in [3.63, 3.8) is 0 Å². The number of aromatic nitrogens is 3. The predicted octanol–water partition coefficient (Wildman–Crippen LogP) is 3.60. The fourth-order valence-electron chi connectivity index (χ4n) is 4.46. The third kappa shape index (κ3) is 3.92. The molecule has 1 aromatic heterocycles. The molecule has 2 aliphatic rings. The normalized spacial score (nSPS) is 15.2. The summed E-state index contributed by atoms with van der Waals surface area (Å²) in [5, 5.41) is 11.7. The number of carbonyl (C=O) groups excluding carboxylic acids is 3. The Hall–Kier alpha value is -3.81. The minimum atomic E-state index is -0.353. The van der Waals surface area contributed by atoms with Crippen LogP contribution in [0.5, 0.6) is 0 Å². The van der Waals surface area contributed by atoms with Gasteiger partial charge in [0.1, 0.15) is 5.82 Å². The van der Waals surface area contributed by atoms with Gasteiger partial charge < -0.3 is 9.88 Å². The molecule has 168 valence electrons. The van der Waals surface area contributed by atoms with Crippen LogP contribution < -0.4 is 5.32 Å². The quantitative estimate of drug-likeness (QED) is 0.608. The van der Waals surface area contributed by atoms with Gasteiger partial charge >= 0.3 is 0 Å². The fourth-order valence-corrected chi connectivity index (χ4v) is 4.46. The van der Waals surface area contributed by atoms with Crippen molar-refractivity contribution < 1.29 is 14.4 Å². The van der Waals surface area contributed by atoms with Crippen LogP contribution in [0.1, 0.15) is 57.8 Å². The number of benzene rings is 2. The Morgan fingerprint density at radius 1 is 1.00 bits per heavy atom. The van der Waals surface area contributed by atoms with Gasteiger partial charge in [-0.15, -0.1) is 10.2 Å². The zero-order valence-electron chi connectivity index (χ0n) is 18.5. The number of carbonyl (C=O) groups is 3. The first-order valence-electron chi connectivity index (χ1n) is 11.3. The Morgan fingerprint density at radius 2 is 1.76 bits per heavy atom. The van der Waals surface area contributed by atoms with E-state index in [-0.39, 0.29) is 30.7 Å². The standard InChI is InChI=1S/C25H25N5O3/c1-16-10-11-17(23-28-27-21-9-3-2-6-13-29(21)23)15-20(16)26-22(31)12-14-30-24(32)18-7-4-5-8-19(18)25(30)33/h4-5,7-8,10-11,15H,2-3,6,9,12-14H2,1H3,(H,26,31). The molecule has 3 aromatic rings. The molecular weight excluding hydrogens is 418 g/mol. The molecule has 0 aliphatic carbocycles. The maximum absolute atomic E-state index is 12.7. The second-order valence-electron chi connectivity index (χ2n) is 8.54. The number of fused-ring (bicyclic) bond motifs is 2. The van der Waals surface area contributed by atoms with Crippen molar-refractivity contribution in [2.24, 2.45) is 0 Å². The van der Waals surface area contributed by atoms with E-state index in [1.54, 1.807) is 24.3 Å². The fraction of sp³-hybridized carbons (Fsp3) is 0.320. The number of nitrogens with zero attached hydrogens (tertiary/aromatic N) is 4. The lowest BCUT2D eigenvalue weighted by molar-refractivity contribution is -0.116. The highest BCUT2D eigenvalue weighted by atomic mass is 16.2. The van der Waals surface area contributed by atoms with Crippen LogP contribution in [0, 0.1) is 6.92 Å². The van der Waals surface area contributed by atoms with E-state index in [1.807, 2.05) is 25.1 Å². The Bertz CT molecular complexity index is 1230. The van der Waals surface area contributed by atoms with Gasteiger partial charge in [0.25, 0.3) is 11.8 Å². The second-order valence-corrected chi connectivity index (χ2v) is 8.54. The molecule has 1 N–H and O–H groups in total. The smallest absolute Gasteiger partial charge is 0.261 e. The van der Waals surface area contributed by atoms with Crippen LogP contribution in [-0.4, -0.2) is 43.9 Å². The van der Waals surface area contributed by atoms with E-state index in [2.05, 4.69) is 20.1 Å². The molecule has 8 heteroatoms. The maximum atomic E-state index is 12.7. The van der Waals surface area contributed by atoms with E-state index < -0.39 is 0 Å². The molecule has 2 aliphatic heterocycles. The summed E-state index contributed by atoms with van der Waals surface area (Å²) in [5.41, 5.74) is 3.28. The first-order chi connectivity index (χ1) is 16.0. The number of hydrogen-bond donors (Lipinski definition) is 1. The Balaban J connectivity index is 1.28. The molecule has 3 amide bonds. The average Bonchev–Trinajstić information content (AvgIpc) is 3.22. The summed E-state index contributed by atoms with van der Waals surface area (Å²) in [4.78, 5) is 38.8. The number of amides is 3. The second kappa shape index (κ2) is 8.61. The van der Waals surface area contributed by atoms with Crippen LogP contribution in [0.4, 0.5) is 5.69 Å². The minimum absolute atomic E-state index is 0.0233. The van der Waals surface area contributed by atoms with E-state index in [0.29, 0.717) is 16.8 Å². The van der Waals surface area contributed by atoms with Gasteiger partial charge in [0.15, 0.2) is 5.82 Å². The topological polar surface area (TPSA) is 97.2 Å². The lowest BCUT2D eigenvalue weighted by atomic mass is 10.1. The van der Waals surface area contributed by atoms with Crippen molar-refractivity contribution in [1.82, 2.24) is 19.7 Å². The van der Waals surface area contributed by atoms with E-state index in [9.17, 15) is 14.4 Å². The van der Waals surface area contributed by atoms with Crippen LogP contribution in [0.15, 0.2) is 42.5 Å². The largest absolute Gasteiger partial charge is 0.326 e. The molecule has 33 heavy (non-hydrogen) atoms. The molecule has 3 heterocycles. The van der Waals surface area contributed by atoms with Gasteiger partial charge in [0, 0.05) is 37.2 Å². The first-order valence-corrected chi connectivity index (χ1v) is 11.3. The highest BCUT2D eigenvalue weighted by molar-refractivity contribution is 6.21. The number of aryl methyl sites for hydroxylation is 2. The molecular formula is C25H25N5O3. The van der Waals surface area contributed by atoms with Crippen LogP contribution in [0.2, 0.25) is 0 Å².